The van der Waals surface area contributed by atoms with E-state index in [0.29, 0.717) is 36.5 Å². The van der Waals surface area contributed by atoms with Crippen LogP contribution >= 0.6 is 0 Å². The summed E-state index contributed by atoms with van der Waals surface area (Å²) in [5.74, 6) is -1.07. The van der Waals surface area contributed by atoms with Gasteiger partial charge in [0.05, 0.1) is 24.5 Å². The van der Waals surface area contributed by atoms with Gasteiger partial charge in [0.2, 0.25) is 0 Å². The van der Waals surface area contributed by atoms with Crippen LogP contribution < -0.4 is 5.73 Å². The summed E-state index contributed by atoms with van der Waals surface area (Å²) in [5, 5.41) is 9.26. The van der Waals surface area contributed by atoms with Crippen LogP contribution in [0.1, 0.15) is 76.9 Å². The summed E-state index contributed by atoms with van der Waals surface area (Å²) in [6.07, 6.45) is -0.511. The predicted molar refractivity (Wildman–Crippen MR) is 117 cm³/mol. The summed E-state index contributed by atoms with van der Waals surface area (Å²) in [7, 11) is 0. The van der Waals surface area contributed by atoms with E-state index in [1.165, 1.54) is 18.3 Å². The fourth-order valence-electron chi connectivity index (χ4n) is 4.10. The van der Waals surface area contributed by atoms with E-state index in [9.17, 15) is 27.9 Å². The first-order valence-corrected chi connectivity index (χ1v) is 11.2. The highest BCUT2D eigenvalue weighted by atomic mass is 19.4. The maximum Gasteiger partial charge on any atom is 0.433 e. The fraction of sp³-hybridized carbons (Fsp3) is 0.522. The number of rotatable bonds is 4. The van der Waals surface area contributed by atoms with E-state index < -0.39 is 17.8 Å². The van der Waals surface area contributed by atoms with Gasteiger partial charge in [-0.05, 0) is 43.9 Å². The molecule has 0 unspecified atom stereocenters. The number of carbonyl (C=O) groups is 2. The minimum absolute atomic E-state index is 0.0642. The van der Waals surface area contributed by atoms with Gasteiger partial charge < -0.3 is 25.0 Å². The number of carboxylic acids is 1. The average molecular weight is 483 g/mol. The number of nitrogens with zero attached hydrogens (tertiary/aromatic N) is 3. The third kappa shape index (κ3) is 5.58. The molecule has 11 heteroatoms. The van der Waals surface area contributed by atoms with Crippen molar-refractivity contribution in [2.75, 3.05) is 13.2 Å². The maximum absolute atomic E-state index is 12.6. The number of aromatic nitrogens is 2. The Hall–Kier alpha value is -2.92. The molecule has 2 aromatic heterocycles. The second-order valence-corrected chi connectivity index (χ2v) is 8.38. The third-order valence-electron chi connectivity index (χ3n) is 6.11. The average Bonchev–Trinajstić information content (AvgIpc) is 3.42. The quantitative estimate of drug-likeness (QED) is 0.685. The van der Waals surface area contributed by atoms with Crippen molar-refractivity contribution >= 4 is 11.9 Å². The third-order valence-corrected chi connectivity index (χ3v) is 6.11. The highest BCUT2D eigenvalue weighted by Crippen LogP contribution is 2.28. The number of amides is 1. The Labute approximate surface area is 195 Å². The molecule has 1 amide bonds. The predicted octanol–water partition coefficient (Wildman–Crippen LogP) is 3.85. The normalized spacial score (nSPS) is 18.6. The molecule has 0 aromatic carbocycles. The van der Waals surface area contributed by atoms with E-state index in [0.717, 1.165) is 25.5 Å². The minimum Gasteiger partial charge on any atom is -0.478 e. The number of carboxylic acid groups (broad SMARTS) is 1. The molecule has 2 aliphatic rings. The molecule has 186 valence electrons. The van der Waals surface area contributed by atoms with E-state index >= 15 is 0 Å². The molecule has 4 heterocycles. The molecule has 0 aliphatic carbocycles. The molecule has 2 aliphatic heterocycles. The highest BCUT2D eigenvalue weighted by Gasteiger charge is 2.33. The van der Waals surface area contributed by atoms with E-state index in [2.05, 4.69) is 4.98 Å². The van der Waals surface area contributed by atoms with E-state index in [1.54, 1.807) is 4.57 Å². The fourth-order valence-corrected chi connectivity index (χ4v) is 4.10. The van der Waals surface area contributed by atoms with Crippen molar-refractivity contribution in [1.29, 1.82) is 0 Å². The van der Waals surface area contributed by atoms with Gasteiger partial charge in [-0.3, -0.25) is 9.78 Å². The summed E-state index contributed by atoms with van der Waals surface area (Å²) < 4.78 is 43.4. The van der Waals surface area contributed by atoms with Crippen LogP contribution in [0.3, 0.4) is 0 Å². The lowest BCUT2D eigenvalue weighted by Crippen LogP contribution is -2.35. The number of nitrogens with two attached hydrogens (primary N) is 1. The number of halogens is 3. The van der Waals surface area contributed by atoms with Gasteiger partial charge in [0, 0.05) is 31.4 Å². The molecule has 1 fully saturated rings. The minimum atomic E-state index is -4.38. The number of carbonyl (C=O) groups excluding carboxylic acids is 1. The van der Waals surface area contributed by atoms with Gasteiger partial charge in [-0.1, -0.05) is 13.0 Å². The van der Waals surface area contributed by atoms with Crippen molar-refractivity contribution in [2.24, 2.45) is 5.73 Å². The zero-order valence-corrected chi connectivity index (χ0v) is 19.1. The Kier molecular flexibility index (Phi) is 7.98. The number of hydrogen-bond acceptors (Lipinski definition) is 5. The van der Waals surface area contributed by atoms with Crippen LogP contribution in [-0.2, 0) is 24.1 Å². The first-order chi connectivity index (χ1) is 16.0. The van der Waals surface area contributed by atoms with Crippen LogP contribution in [-0.4, -0.2) is 50.6 Å². The summed E-state index contributed by atoms with van der Waals surface area (Å²) in [6.45, 7) is 5.95. The van der Waals surface area contributed by atoms with Crippen molar-refractivity contribution in [3.05, 3.63) is 52.6 Å². The number of ether oxygens (including phenoxy) is 1. The van der Waals surface area contributed by atoms with Gasteiger partial charge in [-0.2, -0.15) is 13.2 Å². The summed E-state index contributed by atoms with van der Waals surface area (Å²) in [6, 6.07) is 3.79. The van der Waals surface area contributed by atoms with Crippen LogP contribution in [0.4, 0.5) is 13.2 Å². The van der Waals surface area contributed by atoms with Crippen LogP contribution in [0.5, 0.6) is 0 Å². The van der Waals surface area contributed by atoms with Gasteiger partial charge in [0.15, 0.2) is 0 Å². The van der Waals surface area contributed by atoms with E-state index in [1.807, 2.05) is 18.7 Å². The molecule has 0 spiro atoms. The number of fused-ring (bicyclic) bond motifs is 1. The molecule has 34 heavy (non-hydrogen) atoms. The standard InChI is InChI=1S/C14H18N2O4.C9H11F3N2/c1-9-3-2-4-15(9)13(17)11-7-10(14(18)19)12-8-20-6-5-16(11)12;1-2-7(13)6-3-4-8(14-5-6)9(10,11)12/h7,9H,2-6,8H2,1H3,(H,18,19);3-5,7H,2,13H2,1H3/t9-;7-/m01/s1. The van der Waals surface area contributed by atoms with Gasteiger partial charge in [-0.15, -0.1) is 0 Å². The van der Waals surface area contributed by atoms with Gasteiger partial charge in [0.1, 0.15) is 11.4 Å². The van der Waals surface area contributed by atoms with Gasteiger partial charge >= 0.3 is 12.1 Å². The Bertz CT molecular complexity index is 1020. The molecular formula is C23H29F3N4O4. The van der Waals surface area contributed by atoms with Gasteiger partial charge in [0.25, 0.3) is 5.91 Å². The summed E-state index contributed by atoms with van der Waals surface area (Å²) >= 11 is 0. The summed E-state index contributed by atoms with van der Waals surface area (Å²) in [4.78, 5) is 29.1. The Morgan fingerprint density at radius 1 is 1.32 bits per heavy atom. The first kappa shape index (κ1) is 25.7. The summed E-state index contributed by atoms with van der Waals surface area (Å²) in [5.41, 5.74) is 6.63. The smallest absolute Gasteiger partial charge is 0.433 e. The van der Waals surface area contributed by atoms with E-state index in [4.69, 9.17) is 10.5 Å². The molecule has 1 saturated heterocycles. The highest BCUT2D eigenvalue weighted by molar-refractivity contribution is 5.98. The van der Waals surface area contributed by atoms with Crippen molar-refractivity contribution in [3.63, 3.8) is 0 Å². The number of pyridine rings is 1. The van der Waals surface area contributed by atoms with E-state index in [-0.39, 0.29) is 30.2 Å². The van der Waals surface area contributed by atoms with Crippen molar-refractivity contribution in [1.82, 2.24) is 14.5 Å². The number of likely N-dealkylation sites (tertiary alicyclic amines) is 1. The van der Waals surface area contributed by atoms with Crippen molar-refractivity contribution < 1.29 is 32.6 Å². The van der Waals surface area contributed by atoms with Crippen LogP contribution in [0.2, 0.25) is 0 Å². The number of aromatic carboxylic acids is 1. The van der Waals surface area contributed by atoms with Crippen LogP contribution in [0.25, 0.3) is 0 Å². The largest absolute Gasteiger partial charge is 0.478 e. The molecule has 2 aromatic rings. The zero-order valence-electron chi connectivity index (χ0n) is 19.1. The Morgan fingerprint density at radius 2 is 2.06 bits per heavy atom. The lowest BCUT2D eigenvalue weighted by Gasteiger charge is -2.24. The molecule has 8 nitrogen and oxygen atoms in total. The first-order valence-electron chi connectivity index (χ1n) is 11.2. The second-order valence-electron chi connectivity index (χ2n) is 8.38. The molecule has 4 rings (SSSR count). The number of hydrogen-bond donors (Lipinski definition) is 2. The van der Waals surface area contributed by atoms with Crippen LogP contribution in [0, 0.1) is 0 Å². The molecule has 0 radical (unpaired) electrons. The topological polar surface area (TPSA) is 111 Å². The molecule has 2 atom stereocenters. The maximum atomic E-state index is 12.6. The van der Waals surface area contributed by atoms with Crippen molar-refractivity contribution in [3.8, 4) is 0 Å². The lowest BCUT2D eigenvalue weighted by molar-refractivity contribution is -0.141. The number of alkyl halides is 3. The van der Waals surface area contributed by atoms with Crippen molar-refractivity contribution in [2.45, 2.75) is 64.5 Å². The molecule has 0 bridgehead atoms. The Balaban J connectivity index is 0.000000204. The lowest BCUT2D eigenvalue weighted by atomic mass is 10.1. The molecular weight excluding hydrogens is 453 g/mol. The SMILES string of the molecule is CC[C@@H](N)c1ccc(C(F)(F)F)nc1.C[C@H]1CCCN1C(=O)c1cc(C(=O)O)c2n1CCOC2. The van der Waals surface area contributed by atoms with Crippen LogP contribution in [0.15, 0.2) is 24.4 Å². The Morgan fingerprint density at radius 3 is 2.59 bits per heavy atom. The van der Waals surface area contributed by atoms with Gasteiger partial charge in [-0.25, -0.2) is 4.79 Å². The zero-order chi connectivity index (χ0) is 25.0. The molecule has 0 saturated carbocycles. The monoisotopic (exact) mass is 482 g/mol. The molecule has 3 N–H and O–H groups in total. The second kappa shape index (κ2) is 10.6.